The lowest BCUT2D eigenvalue weighted by Crippen LogP contribution is -2.36. The Bertz CT molecular complexity index is 361. The molecule has 2 heteroatoms. The molecule has 0 saturated heterocycles. The Morgan fingerprint density at radius 2 is 1.73 bits per heavy atom. The maximum Gasteiger partial charge on any atom is 0.105 e. The Hall–Kier alpha value is -1.31. The van der Waals surface area contributed by atoms with Gasteiger partial charge < -0.3 is 4.90 Å². The summed E-state index contributed by atoms with van der Waals surface area (Å²) in [4.78, 5) is 1.95. The predicted octanol–water partition coefficient (Wildman–Crippen LogP) is 3.45. The molecule has 0 amide bonds. The van der Waals surface area contributed by atoms with Crippen LogP contribution < -0.4 is 4.90 Å². The molecule has 0 saturated carbocycles. The van der Waals surface area contributed by atoms with Crippen molar-refractivity contribution in [3.05, 3.63) is 29.8 Å². The van der Waals surface area contributed by atoms with Crippen LogP contribution in [0.5, 0.6) is 0 Å². The molecule has 0 unspecified atom stereocenters. The highest BCUT2D eigenvalue weighted by molar-refractivity contribution is 5.99. The van der Waals surface area contributed by atoms with E-state index in [1.54, 1.807) is 0 Å². The second kappa shape index (κ2) is 4.05. The van der Waals surface area contributed by atoms with Gasteiger partial charge in [0, 0.05) is 18.2 Å². The van der Waals surface area contributed by atoms with Crippen LogP contribution in [0.3, 0.4) is 0 Å². The quantitative estimate of drug-likeness (QED) is 0.550. The van der Waals surface area contributed by atoms with Crippen molar-refractivity contribution < 1.29 is 0 Å². The summed E-state index contributed by atoms with van der Waals surface area (Å²) >= 11 is 0. The summed E-state index contributed by atoms with van der Waals surface area (Å²) in [6.45, 7) is 8.25. The van der Waals surface area contributed by atoms with Crippen molar-refractivity contribution in [2.24, 2.45) is 5.41 Å². The van der Waals surface area contributed by atoms with Crippen molar-refractivity contribution >= 4 is 11.5 Å². The highest BCUT2D eigenvalue weighted by Gasteiger charge is 2.22. The molecule has 0 aromatic heterocycles. The summed E-state index contributed by atoms with van der Waals surface area (Å²) < 4.78 is 0. The zero-order valence-corrected chi connectivity index (χ0v) is 10.3. The molecule has 0 aliphatic heterocycles. The SMILES string of the molecule is Cc1ccccc1N(C)C(=N)C(C)(C)C. The van der Waals surface area contributed by atoms with Gasteiger partial charge in [0.15, 0.2) is 0 Å². The number of amidine groups is 1. The second-order valence-corrected chi connectivity index (χ2v) is 4.94. The van der Waals surface area contributed by atoms with E-state index in [2.05, 4.69) is 39.8 Å². The number of anilines is 1. The van der Waals surface area contributed by atoms with Gasteiger partial charge in [0.25, 0.3) is 0 Å². The summed E-state index contributed by atoms with van der Waals surface area (Å²) in [5.41, 5.74) is 2.20. The van der Waals surface area contributed by atoms with Gasteiger partial charge in [-0.25, -0.2) is 0 Å². The molecule has 0 atom stereocenters. The Morgan fingerprint density at radius 3 is 2.20 bits per heavy atom. The van der Waals surface area contributed by atoms with Crippen molar-refractivity contribution in [1.82, 2.24) is 0 Å². The van der Waals surface area contributed by atoms with E-state index in [0.717, 1.165) is 5.69 Å². The second-order valence-electron chi connectivity index (χ2n) is 4.94. The Kier molecular flexibility index (Phi) is 3.18. The summed E-state index contributed by atoms with van der Waals surface area (Å²) in [6.07, 6.45) is 0. The van der Waals surface area contributed by atoms with E-state index in [1.165, 1.54) is 5.56 Å². The first-order valence-electron chi connectivity index (χ1n) is 5.22. The number of hydrogen-bond donors (Lipinski definition) is 1. The molecule has 0 spiro atoms. The third kappa shape index (κ3) is 2.58. The fourth-order valence-electron chi connectivity index (χ4n) is 1.56. The van der Waals surface area contributed by atoms with E-state index >= 15 is 0 Å². The molecular formula is C13H20N2. The number of aryl methyl sites for hydroxylation is 1. The van der Waals surface area contributed by atoms with E-state index < -0.39 is 0 Å². The largest absolute Gasteiger partial charge is 0.333 e. The smallest absolute Gasteiger partial charge is 0.105 e. The van der Waals surface area contributed by atoms with Gasteiger partial charge in [-0.05, 0) is 18.6 Å². The van der Waals surface area contributed by atoms with Crippen molar-refractivity contribution in [2.45, 2.75) is 27.7 Å². The highest BCUT2D eigenvalue weighted by atomic mass is 15.2. The van der Waals surface area contributed by atoms with Gasteiger partial charge in [-0.2, -0.15) is 0 Å². The summed E-state index contributed by atoms with van der Waals surface area (Å²) in [5.74, 6) is 0.636. The number of rotatable bonds is 1. The summed E-state index contributed by atoms with van der Waals surface area (Å²) in [7, 11) is 1.95. The molecule has 0 fully saturated rings. The number of nitrogens with one attached hydrogen (secondary N) is 1. The van der Waals surface area contributed by atoms with Gasteiger partial charge in [-0.1, -0.05) is 39.0 Å². The fourth-order valence-corrected chi connectivity index (χ4v) is 1.56. The minimum Gasteiger partial charge on any atom is -0.333 e. The molecule has 15 heavy (non-hydrogen) atoms. The number of hydrogen-bond acceptors (Lipinski definition) is 1. The Balaban J connectivity index is 3.01. The number of para-hydroxylation sites is 1. The Labute approximate surface area is 92.4 Å². The van der Waals surface area contributed by atoms with E-state index in [4.69, 9.17) is 5.41 Å². The molecule has 1 rings (SSSR count). The van der Waals surface area contributed by atoms with Crippen LogP contribution in [0, 0.1) is 17.7 Å². The van der Waals surface area contributed by atoms with Crippen LogP contribution in [-0.2, 0) is 0 Å². The average molecular weight is 204 g/mol. The molecule has 0 bridgehead atoms. The number of benzene rings is 1. The molecule has 82 valence electrons. The minimum absolute atomic E-state index is 0.114. The van der Waals surface area contributed by atoms with Crippen molar-refractivity contribution in [1.29, 1.82) is 5.41 Å². The normalized spacial score (nSPS) is 11.3. The van der Waals surface area contributed by atoms with Gasteiger partial charge in [-0.15, -0.1) is 0 Å². The zero-order chi connectivity index (χ0) is 11.6. The molecule has 0 aliphatic rings. The molecule has 1 aromatic carbocycles. The molecule has 0 heterocycles. The van der Waals surface area contributed by atoms with Crippen LogP contribution in [0.1, 0.15) is 26.3 Å². The molecule has 1 N–H and O–H groups in total. The van der Waals surface area contributed by atoms with Crippen molar-refractivity contribution in [3.63, 3.8) is 0 Å². The maximum atomic E-state index is 8.11. The first-order chi connectivity index (χ1) is 6.84. The van der Waals surface area contributed by atoms with Crippen LogP contribution in [0.4, 0.5) is 5.69 Å². The van der Waals surface area contributed by atoms with Crippen LogP contribution in [0.15, 0.2) is 24.3 Å². The van der Waals surface area contributed by atoms with Gasteiger partial charge in [0.05, 0.1) is 0 Å². The monoisotopic (exact) mass is 204 g/mol. The zero-order valence-electron chi connectivity index (χ0n) is 10.3. The predicted molar refractivity (Wildman–Crippen MR) is 66.8 cm³/mol. The maximum absolute atomic E-state index is 8.11. The van der Waals surface area contributed by atoms with Crippen LogP contribution in [0.2, 0.25) is 0 Å². The van der Waals surface area contributed by atoms with E-state index in [9.17, 15) is 0 Å². The molecular weight excluding hydrogens is 184 g/mol. The fraction of sp³-hybridized carbons (Fsp3) is 0.462. The van der Waals surface area contributed by atoms with Crippen LogP contribution >= 0.6 is 0 Å². The molecule has 1 aromatic rings. The third-order valence-corrected chi connectivity index (χ3v) is 2.52. The van der Waals surface area contributed by atoms with E-state index in [-0.39, 0.29) is 5.41 Å². The van der Waals surface area contributed by atoms with Crippen LogP contribution in [0.25, 0.3) is 0 Å². The molecule has 0 aliphatic carbocycles. The first-order valence-corrected chi connectivity index (χ1v) is 5.22. The topological polar surface area (TPSA) is 27.1 Å². The molecule has 0 radical (unpaired) electrons. The van der Waals surface area contributed by atoms with Gasteiger partial charge in [-0.3, -0.25) is 5.41 Å². The first kappa shape index (κ1) is 11.8. The van der Waals surface area contributed by atoms with Gasteiger partial charge >= 0.3 is 0 Å². The van der Waals surface area contributed by atoms with E-state index in [0.29, 0.717) is 5.84 Å². The van der Waals surface area contributed by atoms with Gasteiger partial charge in [0.1, 0.15) is 5.84 Å². The Morgan fingerprint density at radius 1 is 1.20 bits per heavy atom. The number of nitrogens with zero attached hydrogens (tertiary/aromatic N) is 1. The minimum atomic E-state index is -0.114. The third-order valence-electron chi connectivity index (χ3n) is 2.52. The average Bonchev–Trinajstić information content (AvgIpc) is 2.15. The summed E-state index contributed by atoms with van der Waals surface area (Å²) in [6, 6.07) is 8.15. The highest BCUT2D eigenvalue weighted by Crippen LogP contribution is 2.24. The van der Waals surface area contributed by atoms with E-state index in [1.807, 2.05) is 24.1 Å². The van der Waals surface area contributed by atoms with Gasteiger partial charge in [0.2, 0.25) is 0 Å². The lowest BCUT2D eigenvalue weighted by Gasteiger charge is -2.30. The van der Waals surface area contributed by atoms with Crippen molar-refractivity contribution in [3.8, 4) is 0 Å². The lowest BCUT2D eigenvalue weighted by atomic mass is 9.94. The van der Waals surface area contributed by atoms with Crippen LogP contribution in [-0.4, -0.2) is 12.9 Å². The molecule has 2 nitrogen and oxygen atoms in total. The lowest BCUT2D eigenvalue weighted by molar-refractivity contribution is 0.576. The standard InChI is InChI=1S/C13H20N2/c1-10-8-6-7-9-11(10)15(5)12(14)13(2,3)4/h6-9,14H,1-5H3. The summed E-state index contributed by atoms with van der Waals surface area (Å²) in [5, 5.41) is 8.11. The van der Waals surface area contributed by atoms with Crippen molar-refractivity contribution in [2.75, 3.05) is 11.9 Å².